The van der Waals surface area contributed by atoms with Crippen LogP contribution in [0.5, 0.6) is 0 Å². The molecule has 3 N–H and O–H groups in total. The highest BCUT2D eigenvalue weighted by molar-refractivity contribution is 4.92. The Bertz CT molecular complexity index is 284. The molecule has 21 heavy (non-hydrogen) atoms. The predicted molar refractivity (Wildman–Crippen MR) is 84.3 cm³/mol. The van der Waals surface area contributed by atoms with E-state index >= 15 is 0 Å². The van der Waals surface area contributed by atoms with Crippen LogP contribution in [0.1, 0.15) is 64.7 Å². The van der Waals surface area contributed by atoms with Gasteiger partial charge >= 0.3 is 0 Å². The second-order valence-corrected chi connectivity index (χ2v) is 7.25. The fourth-order valence-electron chi connectivity index (χ4n) is 3.58. The summed E-state index contributed by atoms with van der Waals surface area (Å²) in [5, 5.41) is 23.2. The van der Waals surface area contributed by atoms with Gasteiger partial charge in [0.25, 0.3) is 0 Å². The molecule has 0 aromatic heterocycles. The Morgan fingerprint density at radius 2 is 1.81 bits per heavy atom. The van der Waals surface area contributed by atoms with Crippen molar-refractivity contribution in [3.63, 3.8) is 0 Å². The maximum Gasteiger partial charge on any atom is 0.0898 e. The van der Waals surface area contributed by atoms with Crippen molar-refractivity contribution in [2.75, 3.05) is 19.8 Å². The van der Waals surface area contributed by atoms with E-state index < -0.39 is 6.10 Å². The van der Waals surface area contributed by atoms with Gasteiger partial charge in [-0.2, -0.15) is 0 Å². The maximum atomic E-state index is 10.1. The molecule has 0 radical (unpaired) electrons. The summed E-state index contributed by atoms with van der Waals surface area (Å²) in [5.74, 6) is 0.756. The first-order chi connectivity index (χ1) is 10.1. The van der Waals surface area contributed by atoms with E-state index in [4.69, 9.17) is 4.74 Å². The zero-order valence-corrected chi connectivity index (χ0v) is 13.5. The van der Waals surface area contributed by atoms with E-state index in [1.54, 1.807) is 0 Å². The molecule has 0 bridgehead atoms. The van der Waals surface area contributed by atoms with Crippen molar-refractivity contribution < 1.29 is 14.9 Å². The minimum Gasteiger partial charge on any atom is -0.394 e. The van der Waals surface area contributed by atoms with E-state index in [2.05, 4.69) is 12.2 Å². The number of hydrogen-bond donors (Lipinski definition) is 3. The topological polar surface area (TPSA) is 61.7 Å². The monoisotopic (exact) mass is 299 g/mol. The molecule has 0 aliphatic heterocycles. The van der Waals surface area contributed by atoms with Crippen LogP contribution in [0.4, 0.5) is 0 Å². The van der Waals surface area contributed by atoms with E-state index in [1.807, 2.05) is 0 Å². The molecule has 0 aromatic carbocycles. The van der Waals surface area contributed by atoms with Crippen LogP contribution in [0.3, 0.4) is 0 Å². The maximum absolute atomic E-state index is 10.1. The Hall–Kier alpha value is -0.160. The number of aliphatic hydroxyl groups is 2. The molecule has 124 valence electrons. The molecule has 2 rings (SSSR count). The smallest absolute Gasteiger partial charge is 0.0898 e. The lowest BCUT2D eigenvalue weighted by atomic mass is 9.77. The van der Waals surface area contributed by atoms with Crippen LogP contribution in [0.15, 0.2) is 0 Å². The first-order valence-corrected chi connectivity index (χ1v) is 8.79. The van der Waals surface area contributed by atoms with Gasteiger partial charge in [-0.25, -0.2) is 0 Å². The molecule has 0 amide bonds. The Labute approximate surface area is 129 Å². The quantitative estimate of drug-likeness (QED) is 0.674. The summed E-state index contributed by atoms with van der Waals surface area (Å²) in [6.07, 6.45) is 10.3. The molecule has 2 fully saturated rings. The van der Waals surface area contributed by atoms with Crippen molar-refractivity contribution >= 4 is 0 Å². The summed E-state index contributed by atoms with van der Waals surface area (Å²) >= 11 is 0. The van der Waals surface area contributed by atoms with Gasteiger partial charge in [-0.1, -0.05) is 26.2 Å². The lowest BCUT2D eigenvalue weighted by molar-refractivity contribution is -0.0275. The third kappa shape index (κ3) is 5.51. The van der Waals surface area contributed by atoms with Crippen molar-refractivity contribution in [2.24, 2.45) is 5.92 Å². The Balaban J connectivity index is 1.65. The second kappa shape index (κ2) is 8.47. The zero-order valence-electron chi connectivity index (χ0n) is 13.5. The summed E-state index contributed by atoms with van der Waals surface area (Å²) in [6.45, 7) is 3.36. The fourth-order valence-corrected chi connectivity index (χ4v) is 3.58. The Kier molecular flexibility index (Phi) is 6.93. The Morgan fingerprint density at radius 3 is 2.43 bits per heavy atom. The van der Waals surface area contributed by atoms with Gasteiger partial charge < -0.3 is 20.3 Å². The zero-order chi connectivity index (χ0) is 15.1. The molecular formula is C17H33NO3. The van der Waals surface area contributed by atoms with E-state index in [1.165, 1.54) is 19.3 Å². The lowest BCUT2D eigenvalue weighted by Crippen LogP contribution is -2.53. The van der Waals surface area contributed by atoms with Crippen LogP contribution in [0, 0.1) is 5.92 Å². The van der Waals surface area contributed by atoms with Crippen LogP contribution < -0.4 is 5.32 Å². The van der Waals surface area contributed by atoms with Gasteiger partial charge in [0.1, 0.15) is 0 Å². The van der Waals surface area contributed by atoms with Gasteiger partial charge in [-0.05, 0) is 44.4 Å². The van der Waals surface area contributed by atoms with Crippen LogP contribution in [-0.4, -0.2) is 47.7 Å². The van der Waals surface area contributed by atoms with Crippen LogP contribution in [-0.2, 0) is 4.74 Å². The molecule has 0 heterocycles. The number of nitrogens with one attached hydrogen (secondary N) is 1. The van der Waals surface area contributed by atoms with Gasteiger partial charge in [-0.3, -0.25) is 0 Å². The van der Waals surface area contributed by atoms with Crippen molar-refractivity contribution in [2.45, 2.75) is 82.5 Å². The number of hydrogen-bond acceptors (Lipinski definition) is 4. The first kappa shape index (κ1) is 17.2. The molecule has 4 heteroatoms. The summed E-state index contributed by atoms with van der Waals surface area (Å²) in [5.41, 5.74) is -0.182. The second-order valence-electron chi connectivity index (χ2n) is 7.25. The molecule has 0 saturated heterocycles. The number of rotatable bonds is 7. The highest BCUT2D eigenvalue weighted by atomic mass is 16.5. The lowest BCUT2D eigenvalue weighted by Gasteiger charge is -2.39. The van der Waals surface area contributed by atoms with Crippen molar-refractivity contribution in [3.8, 4) is 0 Å². The van der Waals surface area contributed by atoms with E-state index in [0.717, 1.165) is 44.4 Å². The molecule has 2 saturated carbocycles. The van der Waals surface area contributed by atoms with E-state index in [-0.39, 0.29) is 12.1 Å². The fraction of sp³-hybridized carbons (Fsp3) is 1.00. The average Bonchev–Trinajstić information content (AvgIpc) is 2.54. The molecule has 0 aromatic rings. The molecule has 0 spiro atoms. The normalized spacial score (nSPS) is 33.0. The third-order valence-corrected chi connectivity index (χ3v) is 5.32. The number of aliphatic hydroxyl groups excluding tert-OH is 2. The summed E-state index contributed by atoms with van der Waals surface area (Å²) in [6, 6.07) is 0. The largest absolute Gasteiger partial charge is 0.394 e. The van der Waals surface area contributed by atoms with Crippen molar-refractivity contribution in [1.82, 2.24) is 5.32 Å². The van der Waals surface area contributed by atoms with E-state index in [9.17, 15) is 10.2 Å². The van der Waals surface area contributed by atoms with Crippen molar-refractivity contribution in [1.29, 1.82) is 0 Å². The van der Waals surface area contributed by atoms with Crippen LogP contribution >= 0.6 is 0 Å². The standard InChI is InChI=1S/C17H33NO3/c1-14-7-9-17(13-19,10-8-14)18-11-15(20)12-21-16-5-3-2-4-6-16/h14-16,18-20H,2-13H2,1H3. The molecular weight excluding hydrogens is 266 g/mol. The minimum atomic E-state index is -0.477. The number of β-amino-alcohol motifs (C(OH)–C–C–N with tert-alkyl or cyclic N) is 1. The van der Waals surface area contributed by atoms with Gasteiger partial charge in [0.05, 0.1) is 25.4 Å². The summed E-state index contributed by atoms with van der Waals surface area (Å²) in [7, 11) is 0. The molecule has 1 atom stereocenters. The minimum absolute atomic E-state index is 0.163. The molecule has 1 unspecified atom stereocenters. The highest BCUT2D eigenvalue weighted by Gasteiger charge is 2.33. The third-order valence-electron chi connectivity index (χ3n) is 5.32. The Morgan fingerprint density at radius 1 is 1.14 bits per heavy atom. The highest BCUT2D eigenvalue weighted by Crippen LogP contribution is 2.31. The van der Waals surface area contributed by atoms with Crippen LogP contribution in [0.25, 0.3) is 0 Å². The molecule has 2 aliphatic rings. The van der Waals surface area contributed by atoms with Gasteiger partial charge in [0, 0.05) is 12.1 Å². The molecule has 2 aliphatic carbocycles. The predicted octanol–water partition coefficient (Wildman–Crippen LogP) is 2.23. The van der Waals surface area contributed by atoms with Crippen LogP contribution in [0.2, 0.25) is 0 Å². The summed E-state index contributed by atoms with van der Waals surface area (Å²) in [4.78, 5) is 0. The van der Waals surface area contributed by atoms with Crippen molar-refractivity contribution in [3.05, 3.63) is 0 Å². The first-order valence-electron chi connectivity index (χ1n) is 8.79. The van der Waals surface area contributed by atoms with Gasteiger partial charge in [0.2, 0.25) is 0 Å². The number of ether oxygens (including phenoxy) is 1. The molecule has 4 nitrogen and oxygen atoms in total. The van der Waals surface area contributed by atoms with E-state index in [0.29, 0.717) is 19.3 Å². The summed E-state index contributed by atoms with van der Waals surface area (Å²) < 4.78 is 5.82. The van der Waals surface area contributed by atoms with Gasteiger partial charge in [-0.15, -0.1) is 0 Å². The average molecular weight is 299 g/mol. The SMILES string of the molecule is CC1CCC(CO)(NCC(O)COC2CCCCC2)CC1. The van der Waals surface area contributed by atoms with Gasteiger partial charge in [0.15, 0.2) is 0 Å².